The molecule has 0 saturated carbocycles. The van der Waals surface area contributed by atoms with Crippen molar-refractivity contribution in [3.05, 3.63) is 179 Å². The zero-order chi connectivity index (χ0) is 50.6. The fourth-order valence-corrected chi connectivity index (χ4v) is 15.7. The third kappa shape index (κ3) is 14.4. The number of aryl methyl sites for hydroxylation is 7. The van der Waals surface area contributed by atoms with Crippen molar-refractivity contribution in [1.82, 2.24) is 0 Å². The minimum absolute atomic E-state index is 0.868. The van der Waals surface area contributed by atoms with Gasteiger partial charge in [0.2, 0.25) is 0 Å². The SMILES string of the molecule is COc1cc2c(C)cc1CSCc1cc(OC)c(cc1C)CSCc1cc(C)c(cc1C)CSCc1cc(C)c(cc1OC)CSCc1cc(C)c(cc1OC)CSCc1cc(C)c(cc1OC)CSC2. The summed E-state index contributed by atoms with van der Waals surface area (Å²) in [4.78, 5) is 0. The van der Waals surface area contributed by atoms with Gasteiger partial charge in [-0.2, -0.15) is 70.6 Å². The highest BCUT2D eigenvalue weighted by Gasteiger charge is 2.17. The Morgan fingerprint density at radius 2 is 0.338 bits per heavy atom. The largest absolute Gasteiger partial charge is 0.496 e. The van der Waals surface area contributed by atoms with Gasteiger partial charge in [0.15, 0.2) is 0 Å². The molecule has 71 heavy (non-hydrogen) atoms. The maximum Gasteiger partial charge on any atom is 0.123 e. The highest BCUT2D eigenvalue weighted by atomic mass is 32.2. The minimum atomic E-state index is 0.868. The molecule has 11 heteroatoms. The molecule has 6 aromatic carbocycles. The van der Waals surface area contributed by atoms with E-state index in [1.807, 2.05) is 70.6 Å². The summed E-state index contributed by atoms with van der Waals surface area (Å²) in [6.45, 7) is 15.7. The molecule has 0 unspecified atom stereocenters. The molecule has 22 rings (SSSR count). The van der Waals surface area contributed by atoms with E-state index in [4.69, 9.17) is 23.7 Å². The summed E-state index contributed by atoms with van der Waals surface area (Å²) in [5, 5.41) is 0. The first-order valence-corrected chi connectivity index (χ1v) is 31.1. The minimum Gasteiger partial charge on any atom is -0.496 e. The van der Waals surface area contributed by atoms with Crippen LogP contribution in [0.1, 0.15) is 106 Å². The molecular formula is C60H72O5S6. The van der Waals surface area contributed by atoms with Gasteiger partial charge in [-0.3, -0.25) is 0 Å². The summed E-state index contributed by atoms with van der Waals surface area (Å²) >= 11 is 11.6. The Labute approximate surface area is 451 Å². The lowest BCUT2D eigenvalue weighted by Crippen LogP contribution is -1.99. The van der Waals surface area contributed by atoms with E-state index in [0.29, 0.717) is 0 Å². The van der Waals surface area contributed by atoms with Crippen molar-refractivity contribution in [2.24, 2.45) is 0 Å². The van der Waals surface area contributed by atoms with Gasteiger partial charge in [0, 0.05) is 96.9 Å². The van der Waals surface area contributed by atoms with Crippen LogP contribution < -0.4 is 23.7 Å². The van der Waals surface area contributed by atoms with Crippen LogP contribution in [0.3, 0.4) is 0 Å². The van der Waals surface area contributed by atoms with E-state index in [1.54, 1.807) is 35.5 Å². The average Bonchev–Trinajstić information content (AvgIpc) is 3.35. The molecule has 0 N–H and O–H groups in total. The Kier molecular flexibility index (Phi) is 20.7. The summed E-state index contributed by atoms with van der Waals surface area (Å²) in [6, 6.07) is 27.7. The Balaban J connectivity index is 1.10. The summed E-state index contributed by atoms with van der Waals surface area (Å²) in [5.74, 6) is 15.7. The van der Waals surface area contributed by atoms with Gasteiger partial charge < -0.3 is 23.7 Å². The molecule has 16 aliphatic heterocycles. The Morgan fingerprint density at radius 3 is 0.493 bits per heavy atom. The van der Waals surface area contributed by atoms with Crippen LogP contribution in [0.2, 0.25) is 0 Å². The molecule has 5 nitrogen and oxygen atoms in total. The number of benzene rings is 6. The molecule has 12 bridgehead atoms. The molecule has 0 atom stereocenters. The second-order valence-electron chi connectivity index (χ2n) is 18.6. The second kappa shape index (κ2) is 26.6. The van der Waals surface area contributed by atoms with Crippen LogP contribution in [-0.2, 0) is 69.0 Å². The van der Waals surface area contributed by atoms with Gasteiger partial charge in [-0.25, -0.2) is 0 Å². The van der Waals surface area contributed by atoms with Gasteiger partial charge in [0.05, 0.1) is 35.5 Å². The molecule has 0 spiro atoms. The summed E-state index contributed by atoms with van der Waals surface area (Å²) in [7, 11) is 8.98. The lowest BCUT2D eigenvalue weighted by molar-refractivity contribution is 0.410. The van der Waals surface area contributed by atoms with Crippen LogP contribution in [0.25, 0.3) is 0 Å². The van der Waals surface area contributed by atoms with Crippen LogP contribution in [0.5, 0.6) is 28.7 Å². The normalized spacial score (nSPS) is 14.6. The van der Waals surface area contributed by atoms with E-state index in [-0.39, 0.29) is 0 Å². The van der Waals surface area contributed by atoms with Gasteiger partial charge in [-0.05, 0) is 157 Å². The molecule has 0 radical (unpaired) electrons. The van der Waals surface area contributed by atoms with Crippen molar-refractivity contribution in [3.8, 4) is 28.7 Å². The van der Waals surface area contributed by atoms with Gasteiger partial charge in [0.25, 0.3) is 0 Å². The highest BCUT2D eigenvalue weighted by molar-refractivity contribution is 7.98. The van der Waals surface area contributed by atoms with E-state index >= 15 is 0 Å². The summed E-state index contributed by atoms with van der Waals surface area (Å²) < 4.78 is 30.0. The fraction of sp³-hybridized carbons (Fsp3) is 0.400. The summed E-state index contributed by atoms with van der Waals surface area (Å²) in [6.07, 6.45) is 0. The van der Waals surface area contributed by atoms with Crippen molar-refractivity contribution in [1.29, 1.82) is 0 Å². The average molecular weight is 1070 g/mol. The number of rotatable bonds is 5. The lowest BCUT2D eigenvalue weighted by atomic mass is 10.0. The van der Waals surface area contributed by atoms with Crippen molar-refractivity contribution in [2.75, 3.05) is 35.5 Å². The summed E-state index contributed by atoms with van der Waals surface area (Å²) in [5.41, 5.74) is 24.8. The second-order valence-corrected chi connectivity index (χ2v) is 24.5. The first-order chi connectivity index (χ1) is 34.3. The number of hydrogen-bond donors (Lipinski definition) is 0. The molecular weight excluding hydrogens is 993 g/mol. The molecule has 0 aliphatic carbocycles. The van der Waals surface area contributed by atoms with Crippen LogP contribution in [0, 0.1) is 48.5 Å². The predicted molar refractivity (Wildman–Crippen MR) is 315 cm³/mol. The topological polar surface area (TPSA) is 46.2 Å². The molecule has 6 aromatic rings. The van der Waals surface area contributed by atoms with E-state index in [2.05, 4.69) is 121 Å². The Hall–Kier alpha value is -3.58. The molecule has 16 aliphatic rings. The van der Waals surface area contributed by atoms with Crippen molar-refractivity contribution in [2.45, 2.75) is 118 Å². The fourth-order valence-electron chi connectivity index (χ4n) is 9.11. The molecule has 0 amide bonds. The highest BCUT2D eigenvalue weighted by Crippen LogP contribution is 2.38. The van der Waals surface area contributed by atoms with Crippen LogP contribution >= 0.6 is 70.6 Å². The van der Waals surface area contributed by atoms with Gasteiger partial charge in [0.1, 0.15) is 28.7 Å². The van der Waals surface area contributed by atoms with Crippen LogP contribution in [0.15, 0.2) is 72.8 Å². The number of hydrogen-bond acceptors (Lipinski definition) is 11. The van der Waals surface area contributed by atoms with Gasteiger partial charge >= 0.3 is 0 Å². The Bertz CT molecular complexity index is 2800. The van der Waals surface area contributed by atoms with E-state index in [0.717, 1.165) is 97.8 Å². The molecule has 0 fully saturated rings. The smallest absolute Gasteiger partial charge is 0.123 e. The third-order valence-electron chi connectivity index (χ3n) is 13.6. The number of thioether (sulfide) groups is 6. The van der Waals surface area contributed by atoms with Crippen molar-refractivity contribution < 1.29 is 23.7 Å². The maximum atomic E-state index is 6.00. The van der Waals surface area contributed by atoms with Crippen LogP contribution in [0.4, 0.5) is 0 Å². The zero-order valence-electron chi connectivity index (χ0n) is 43.9. The Morgan fingerprint density at radius 1 is 0.211 bits per heavy atom. The zero-order valence-corrected chi connectivity index (χ0v) is 48.8. The standard InChI is InChI=1S/C60H72O5S6/c1-37-14-45-26-68-33-52-18-42(6)49(23-59(52)64-11)30-71-36-55-19-43(7)50(24-60(55)65-12)31-70-35-54-16-40(4)47(21-57(54)62-9)28-66-27-46-20-56(61-8)53(15-39(46)3)34-69-29-48-22-58(63-10)51(17-41(48)5)32-67-25-44(37)13-38(45)2/h13-24H,25-36H2,1-12H3. The lowest BCUT2D eigenvalue weighted by Gasteiger charge is -2.17. The number of ether oxygens (including phenoxy) is 5. The van der Waals surface area contributed by atoms with Crippen molar-refractivity contribution >= 4 is 70.6 Å². The van der Waals surface area contributed by atoms with E-state index < -0.39 is 0 Å². The van der Waals surface area contributed by atoms with E-state index in [9.17, 15) is 0 Å². The monoisotopic (exact) mass is 1060 g/mol. The van der Waals surface area contributed by atoms with E-state index in [1.165, 1.54) is 106 Å². The first-order valence-electron chi connectivity index (χ1n) is 24.2. The predicted octanol–water partition coefficient (Wildman–Crippen LogP) is 16.8. The quantitative estimate of drug-likeness (QED) is 0.166. The molecule has 16 heterocycles. The van der Waals surface area contributed by atoms with Crippen LogP contribution in [-0.4, -0.2) is 35.5 Å². The molecule has 0 saturated heterocycles. The first kappa shape index (κ1) is 55.2. The number of methoxy groups -OCH3 is 5. The third-order valence-corrected chi connectivity index (χ3v) is 19.8. The van der Waals surface area contributed by atoms with Gasteiger partial charge in [-0.1, -0.05) is 42.5 Å². The van der Waals surface area contributed by atoms with Gasteiger partial charge in [-0.15, -0.1) is 0 Å². The molecule has 0 aromatic heterocycles. The molecule has 378 valence electrons. The maximum absolute atomic E-state index is 6.00. The van der Waals surface area contributed by atoms with Crippen molar-refractivity contribution in [3.63, 3.8) is 0 Å².